The molecule has 3 aromatic rings. The van der Waals surface area contributed by atoms with E-state index in [9.17, 15) is 30.8 Å². The molecule has 0 bridgehead atoms. The summed E-state index contributed by atoms with van der Waals surface area (Å²) in [6, 6.07) is 4.56. The van der Waals surface area contributed by atoms with E-state index in [1.54, 1.807) is 12.1 Å². The predicted octanol–water partition coefficient (Wildman–Crippen LogP) is 4.81. The van der Waals surface area contributed by atoms with E-state index in [2.05, 4.69) is 15.3 Å². The van der Waals surface area contributed by atoms with E-state index < -0.39 is 39.9 Å². The van der Waals surface area contributed by atoms with Gasteiger partial charge in [0.15, 0.2) is 9.84 Å². The molecule has 0 radical (unpaired) electrons. The number of alkyl halides is 4. The van der Waals surface area contributed by atoms with Crippen molar-refractivity contribution in [3.05, 3.63) is 51.0 Å². The number of rotatable bonds is 5. The van der Waals surface area contributed by atoms with Gasteiger partial charge < -0.3 is 10.2 Å². The number of fused-ring (bicyclic) bond motifs is 2. The molecule has 15 heteroatoms. The monoisotopic (exact) mass is 603 g/mol. The molecule has 5 rings (SSSR count). The molecule has 0 atom stereocenters. The number of sulfone groups is 1. The lowest BCUT2D eigenvalue weighted by Gasteiger charge is -2.28. The number of benzene rings is 1. The molecule has 2 aliphatic rings. The molecule has 0 saturated carbocycles. The normalized spacial score (nSPS) is 17.5. The van der Waals surface area contributed by atoms with E-state index in [0.29, 0.717) is 49.3 Å². The lowest BCUT2D eigenvalue weighted by atomic mass is 9.99. The molecule has 0 saturated heterocycles. The van der Waals surface area contributed by atoms with E-state index in [1.165, 1.54) is 11.9 Å². The van der Waals surface area contributed by atoms with Crippen LogP contribution in [0.5, 0.6) is 0 Å². The molecule has 0 fully saturated rings. The van der Waals surface area contributed by atoms with Crippen molar-refractivity contribution in [2.45, 2.75) is 24.0 Å². The van der Waals surface area contributed by atoms with E-state index in [4.69, 9.17) is 11.6 Å². The number of amides is 1. The van der Waals surface area contributed by atoms with E-state index in [-0.39, 0.29) is 37.9 Å². The van der Waals surface area contributed by atoms with Crippen LogP contribution in [0.25, 0.3) is 10.6 Å². The van der Waals surface area contributed by atoms with Crippen molar-refractivity contribution < 1.29 is 30.8 Å². The fraction of sp³-hybridized carbons (Fsp3) is 0.375. The number of thiophene rings is 1. The van der Waals surface area contributed by atoms with Crippen LogP contribution in [0, 0.1) is 0 Å². The molecule has 2 aliphatic heterocycles. The Labute approximate surface area is 230 Å². The van der Waals surface area contributed by atoms with Crippen molar-refractivity contribution in [2.75, 3.05) is 44.4 Å². The van der Waals surface area contributed by atoms with Crippen LogP contribution in [0.4, 0.5) is 29.2 Å². The van der Waals surface area contributed by atoms with Gasteiger partial charge in [0.2, 0.25) is 5.95 Å². The minimum atomic E-state index is -4.84. The standard InChI is InChI=1S/C24H22ClF4N5O3S2/c1-33-6-7-39(36,37)19-10-18(38-21(19)22(33)35)20-15(24(27,28)29)11-30-23(32-20)31-17-9-13-2-4-34(5-3-26)12-14(13)8-16(17)25/h8-11H,2-7,12H2,1H3,(H,30,31,32). The lowest BCUT2D eigenvalue weighted by molar-refractivity contribution is -0.137. The third-order valence-corrected chi connectivity index (χ3v) is 9.91. The van der Waals surface area contributed by atoms with Crippen LogP contribution in [-0.4, -0.2) is 73.2 Å². The van der Waals surface area contributed by atoms with Gasteiger partial charge in [-0.15, -0.1) is 11.3 Å². The van der Waals surface area contributed by atoms with E-state index in [0.717, 1.165) is 17.2 Å². The summed E-state index contributed by atoms with van der Waals surface area (Å²) in [4.78, 5) is 23.2. The van der Waals surface area contributed by atoms with Crippen molar-refractivity contribution in [1.29, 1.82) is 0 Å². The number of carbonyl (C=O) groups excluding carboxylic acids is 1. The minimum Gasteiger partial charge on any atom is -0.340 e. The van der Waals surface area contributed by atoms with Gasteiger partial charge in [-0.3, -0.25) is 9.69 Å². The molecule has 8 nitrogen and oxygen atoms in total. The van der Waals surface area contributed by atoms with Gasteiger partial charge in [-0.2, -0.15) is 13.2 Å². The molecule has 1 amide bonds. The van der Waals surface area contributed by atoms with Crippen molar-refractivity contribution in [3.8, 4) is 10.6 Å². The number of nitrogens with one attached hydrogen (secondary N) is 1. The Morgan fingerprint density at radius 2 is 1.95 bits per heavy atom. The third-order valence-electron chi connectivity index (χ3n) is 6.62. The number of anilines is 2. The molecule has 1 aromatic carbocycles. The quantitative estimate of drug-likeness (QED) is 0.418. The maximum atomic E-state index is 13.9. The second-order valence-corrected chi connectivity index (χ2v) is 12.8. The number of aromatic nitrogens is 2. The second-order valence-electron chi connectivity index (χ2n) is 9.24. The number of nitrogens with zero attached hydrogens (tertiary/aromatic N) is 4. The first-order valence-corrected chi connectivity index (χ1v) is 14.7. The third kappa shape index (κ3) is 5.47. The number of carbonyl (C=O) groups is 1. The van der Waals surface area contributed by atoms with Crippen LogP contribution < -0.4 is 5.32 Å². The van der Waals surface area contributed by atoms with Gasteiger partial charge in [0.1, 0.15) is 17.1 Å². The van der Waals surface area contributed by atoms with Gasteiger partial charge >= 0.3 is 6.18 Å². The second kappa shape index (κ2) is 10.3. The van der Waals surface area contributed by atoms with Crippen LogP contribution >= 0.6 is 22.9 Å². The lowest BCUT2D eigenvalue weighted by Crippen LogP contribution is -2.32. The van der Waals surface area contributed by atoms with Crippen molar-refractivity contribution in [2.24, 2.45) is 0 Å². The van der Waals surface area contributed by atoms with Crippen LogP contribution in [-0.2, 0) is 29.0 Å². The summed E-state index contributed by atoms with van der Waals surface area (Å²) in [6.07, 6.45) is -3.60. The van der Waals surface area contributed by atoms with Gasteiger partial charge in [0, 0.05) is 39.4 Å². The minimum absolute atomic E-state index is 0.0251. The maximum absolute atomic E-state index is 13.9. The zero-order valence-corrected chi connectivity index (χ0v) is 22.9. The van der Waals surface area contributed by atoms with Crippen LogP contribution in [0.15, 0.2) is 29.3 Å². The van der Waals surface area contributed by atoms with Crippen LogP contribution in [0.3, 0.4) is 0 Å². The summed E-state index contributed by atoms with van der Waals surface area (Å²) in [5.74, 6) is -1.12. The zero-order chi connectivity index (χ0) is 28.1. The van der Waals surface area contributed by atoms with Crippen LogP contribution in [0.2, 0.25) is 5.02 Å². The number of hydrogen-bond acceptors (Lipinski definition) is 8. The molecule has 0 spiro atoms. The Bertz CT molecular complexity index is 1560. The molecule has 0 aliphatic carbocycles. The van der Waals surface area contributed by atoms with E-state index >= 15 is 0 Å². The largest absolute Gasteiger partial charge is 0.420 e. The Hall–Kier alpha value is -2.81. The smallest absolute Gasteiger partial charge is 0.340 e. The Morgan fingerprint density at radius 3 is 2.67 bits per heavy atom. The average Bonchev–Trinajstić information content (AvgIpc) is 3.31. The van der Waals surface area contributed by atoms with Crippen molar-refractivity contribution in [1.82, 2.24) is 19.8 Å². The summed E-state index contributed by atoms with van der Waals surface area (Å²) in [5.41, 5.74) is 0.530. The molecule has 1 N–H and O–H groups in total. The highest BCUT2D eigenvalue weighted by Crippen LogP contribution is 2.42. The fourth-order valence-electron chi connectivity index (χ4n) is 4.51. The predicted molar refractivity (Wildman–Crippen MR) is 139 cm³/mol. The highest BCUT2D eigenvalue weighted by Gasteiger charge is 2.38. The molecule has 4 heterocycles. The average molecular weight is 604 g/mol. The number of hydrogen-bond donors (Lipinski definition) is 1. The summed E-state index contributed by atoms with van der Waals surface area (Å²) in [7, 11) is -2.46. The summed E-state index contributed by atoms with van der Waals surface area (Å²) in [6.45, 7) is 1.01. The molecule has 39 heavy (non-hydrogen) atoms. The van der Waals surface area contributed by atoms with Gasteiger partial charge in [-0.25, -0.2) is 22.8 Å². The molecular formula is C24H22ClF4N5O3S2. The molecule has 0 unspecified atom stereocenters. The van der Waals surface area contributed by atoms with Gasteiger partial charge in [0.25, 0.3) is 5.91 Å². The SMILES string of the molecule is CN1CCS(=O)(=O)c2cc(-c3nc(Nc4cc5c(cc4Cl)CN(CCF)CC5)ncc3C(F)(F)F)sc2C1=O. The topological polar surface area (TPSA) is 95.5 Å². The van der Waals surface area contributed by atoms with E-state index in [1.807, 2.05) is 4.90 Å². The highest BCUT2D eigenvalue weighted by atomic mass is 35.5. The first kappa shape index (κ1) is 27.7. The zero-order valence-electron chi connectivity index (χ0n) is 20.5. The van der Waals surface area contributed by atoms with Crippen molar-refractivity contribution >= 4 is 50.3 Å². The number of halogens is 5. The summed E-state index contributed by atoms with van der Waals surface area (Å²) < 4.78 is 80.1. The van der Waals surface area contributed by atoms with Gasteiger partial charge in [-0.05, 0) is 35.7 Å². The van der Waals surface area contributed by atoms with Gasteiger partial charge in [0.05, 0.1) is 31.9 Å². The molecule has 208 valence electrons. The fourth-order valence-corrected chi connectivity index (χ4v) is 7.78. The van der Waals surface area contributed by atoms with Gasteiger partial charge in [-0.1, -0.05) is 11.6 Å². The highest BCUT2D eigenvalue weighted by molar-refractivity contribution is 7.91. The summed E-state index contributed by atoms with van der Waals surface area (Å²) in [5, 5.41) is 3.15. The first-order valence-electron chi connectivity index (χ1n) is 11.8. The molecule has 2 aromatic heterocycles. The molecular weight excluding hydrogens is 582 g/mol. The summed E-state index contributed by atoms with van der Waals surface area (Å²) >= 11 is 7.09. The Kier molecular flexibility index (Phi) is 7.33. The van der Waals surface area contributed by atoms with Crippen LogP contribution in [0.1, 0.15) is 26.4 Å². The van der Waals surface area contributed by atoms with Crippen molar-refractivity contribution in [3.63, 3.8) is 0 Å². The first-order chi connectivity index (χ1) is 18.4. The maximum Gasteiger partial charge on any atom is 0.420 e. The Balaban J connectivity index is 1.54. The Morgan fingerprint density at radius 1 is 1.18 bits per heavy atom.